The number of alkyl halides is 1. The number of carbonyl (C=O) groups excluding carboxylic acids is 1. The number of hydrogen-bond donors (Lipinski definition) is 1. The Morgan fingerprint density at radius 3 is 2.83 bits per heavy atom. The zero-order valence-electron chi connectivity index (χ0n) is 12.5. The van der Waals surface area contributed by atoms with E-state index in [9.17, 15) is 9.18 Å². The fourth-order valence-electron chi connectivity index (χ4n) is 2.74. The Morgan fingerprint density at radius 1 is 1.39 bits per heavy atom. The van der Waals surface area contributed by atoms with E-state index in [0.29, 0.717) is 23.6 Å². The van der Waals surface area contributed by atoms with Crippen LogP contribution in [-0.2, 0) is 0 Å². The average molecular weight is 338 g/mol. The number of aliphatic hydroxyl groups excluding tert-OH is 1. The first-order chi connectivity index (χ1) is 11.0. The van der Waals surface area contributed by atoms with Crippen LogP contribution in [0, 0.1) is 0 Å². The molecule has 5 nitrogen and oxygen atoms in total. The number of aliphatic hydroxyl groups is 1. The molecule has 1 unspecified atom stereocenters. The van der Waals surface area contributed by atoms with Crippen LogP contribution in [0.4, 0.5) is 4.39 Å². The first-order valence-corrected chi connectivity index (χ1v) is 7.78. The van der Waals surface area contributed by atoms with E-state index in [1.165, 1.54) is 11.1 Å². The number of aromatic nitrogens is 2. The van der Waals surface area contributed by atoms with Gasteiger partial charge in [0.2, 0.25) is 0 Å². The van der Waals surface area contributed by atoms with Crippen molar-refractivity contribution in [2.45, 2.75) is 18.5 Å². The third-order valence-corrected chi connectivity index (χ3v) is 4.27. The molecule has 1 atom stereocenters. The summed E-state index contributed by atoms with van der Waals surface area (Å²) >= 11 is 5.85. The molecule has 23 heavy (non-hydrogen) atoms. The fourth-order valence-corrected chi connectivity index (χ4v) is 2.87. The first-order valence-electron chi connectivity index (χ1n) is 7.40. The minimum absolute atomic E-state index is 0.0888. The van der Waals surface area contributed by atoms with Crippen molar-refractivity contribution in [1.29, 1.82) is 0 Å². The van der Waals surface area contributed by atoms with Gasteiger partial charge in [0.15, 0.2) is 5.67 Å². The Bertz CT molecular complexity index is 704. The molecule has 1 aliphatic rings. The summed E-state index contributed by atoms with van der Waals surface area (Å²) in [6.45, 7) is -0.175. The molecule has 1 aromatic heterocycles. The van der Waals surface area contributed by atoms with Gasteiger partial charge in [-0.05, 0) is 37.1 Å². The van der Waals surface area contributed by atoms with Gasteiger partial charge < -0.3 is 10.0 Å². The number of piperidine rings is 1. The standard InChI is InChI=1S/C16H17ClFN3O2/c17-13-2-4-14(5-3-13)21-9-12(8-19-21)15(23)20-7-1-6-16(18,10-20)11-22/h2-5,8-9,22H,1,6-7,10-11H2. The molecule has 1 amide bonds. The molecule has 0 radical (unpaired) electrons. The van der Waals surface area contributed by atoms with E-state index in [4.69, 9.17) is 16.7 Å². The Morgan fingerprint density at radius 2 is 2.13 bits per heavy atom. The molecule has 7 heteroatoms. The molecule has 0 bridgehead atoms. The lowest BCUT2D eigenvalue weighted by Gasteiger charge is -2.36. The molecule has 1 N–H and O–H groups in total. The number of benzene rings is 1. The second-order valence-electron chi connectivity index (χ2n) is 5.79. The number of amides is 1. The maximum atomic E-state index is 14.3. The normalized spacial score (nSPS) is 21.4. The largest absolute Gasteiger partial charge is 0.393 e. The molecule has 1 fully saturated rings. The molecule has 2 heterocycles. The maximum absolute atomic E-state index is 14.3. The SMILES string of the molecule is O=C(c1cnn(-c2ccc(Cl)cc2)c1)N1CCCC(F)(CO)C1. The highest BCUT2D eigenvalue weighted by Crippen LogP contribution is 2.26. The Balaban J connectivity index is 1.77. The van der Waals surface area contributed by atoms with Crippen molar-refractivity contribution >= 4 is 17.5 Å². The molecule has 0 saturated carbocycles. The van der Waals surface area contributed by atoms with E-state index in [1.807, 2.05) is 0 Å². The number of nitrogens with zero attached hydrogens (tertiary/aromatic N) is 3. The van der Waals surface area contributed by atoms with Crippen molar-refractivity contribution < 1.29 is 14.3 Å². The third-order valence-electron chi connectivity index (χ3n) is 4.02. The van der Waals surface area contributed by atoms with E-state index in [1.54, 1.807) is 35.1 Å². The summed E-state index contributed by atoms with van der Waals surface area (Å²) in [6.07, 6.45) is 3.88. The van der Waals surface area contributed by atoms with Crippen LogP contribution in [-0.4, -0.2) is 51.1 Å². The number of hydrogen-bond acceptors (Lipinski definition) is 3. The van der Waals surface area contributed by atoms with Crippen LogP contribution >= 0.6 is 11.6 Å². The fraction of sp³-hybridized carbons (Fsp3) is 0.375. The van der Waals surface area contributed by atoms with Crippen LogP contribution in [0.5, 0.6) is 0 Å². The van der Waals surface area contributed by atoms with Crippen LogP contribution < -0.4 is 0 Å². The molecular weight excluding hydrogens is 321 g/mol. The summed E-state index contributed by atoms with van der Waals surface area (Å²) in [5.74, 6) is -0.277. The highest BCUT2D eigenvalue weighted by atomic mass is 35.5. The highest BCUT2D eigenvalue weighted by molar-refractivity contribution is 6.30. The van der Waals surface area contributed by atoms with E-state index in [0.717, 1.165) is 5.69 Å². The summed E-state index contributed by atoms with van der Waals surface area (Å²) in [5.41, 5.74) is -0.537. The Hall–Kier alpha value is -1.92. The Kier molecular flexibility index (Phi) is 4.37. The lowest BCUT2D eigenvalue weighted by atomic mass is 9.95. The quantitative estimate of drug-likeness (QED) is 0.936. The van der Waals surface area contributed by atoms with Gasteiger partial charge in [-0.15, -0.1) is 0 Å². The summed E-state index contributed by atoms with van der Waals surface area (Å²) < 4.78 is 15.8. The predicted octanol–water partition coefficient (Wildman–Crippen LogP) is 2.46. The van der Waals surface area contributed by atoms with Gasteiger partial charge in [-0.25, -0.2) is 9.07 Å². The number of halogens is 2. The highest BCUT2D eigenvalue weighted by Gasteiger charge is 2.37. The molecule has 1 aliphatic heterocycles. The summed E-state index contributed by atoms with van der Waals surface area (Å²) in [7, 11) is 0. The topological polar surface area (TPSA) is 58.4 Å². The minimum atomic E-state index is -1.71. The maximum Gasteiger partial charge on any atom is 0.257 e. The average Bonchev–Trinajstić information content (AvgIpc) is 3.05. The van der Waals surface area contributed by atoms with Crippen LogP contribution in [0.25, 0.3) is 5.69 Å². The summed E-state index contributed by atoms with van der Waals surface area (Å²) in [4.78, 5) is 13.9. The van der Waals surface area contributed by atoms with Crippen molar-refractivity contribution in [3.63, 3.8) is 0 Å². The monoisotopic (exact) mass is 337 g/mol. The molecule has 1 aromatic carbocycles. The van der Waals surface area contributed by atoms with Crippen molar-refractivity contribution in [2.75, 3.05) is 19.7 Å². The second kappa shape index (κ2) is 6.29. The lowest BCUT2D eigenvalue weighted by Crippen LogP contribution is -2.49. The van der Waals surface area contributed by atoms with Crippen molar-refractivity contribution in [3.8, 4) is 5.69 Å². The molecule has 0 spiro atoms. The van der Waals surface area contributed by atoms with Gasteiger partial charge in [-0.1, -0.05) is 11.6 Å². The van der Waals surface area contributed by atoms with Crippen molar-refractivity contribution in [2.24, 2.45) is 0 Å². The second-order valence-corrected chi connectivity index (χ2v) is 6.23. The molecule has 3 rings (SSSR count). The number of likely N-dealkylation sites (tertiary alicyclic amines) is 1. The van der Waals surface area contributed by atoms with Crippen LogP contribution in [0.15, 0.2) is 36.7 Å². The third kappa shape index (κ3) is 3.38. The van der Waals surface area contributed by atoms with E-state index >= 15 is 0 Å². The van der Waals surface area contributed by atoms with Crippen LogP contribution in [0.3, 0.4) is 0 Å². The molecule has 2 aromatic rings. The van der Waals surface area contributed by atoms with E-state index in [2.05, 4.69) is 5.10 Å². The number of rotatable bonds is 3. The number of carbonyl (C=O) groups is 1. The van der Waals surface area contributed by atoms with Gasteiger partial charge in [-0.3, -0.25) is 4.79 Å². The van der Waals surface area contributed by atoms with E-state index in [-0.39, 0.29) is 18.9 Å². The molecule has 122 valence electrons. The minimum Gasteiger partial charge on any atom is -0.393 e. The van der Waals surface area contributed by atoms with Gasteiger partial charge in [0.1, 0.15) is 0 Å². The molecular formula is C16H17ClFN3O2. The first kappa shape index (κ1) is 16.0. The molecule has 1 saturated heterocycles. The van der Waals surface area contributed by atoms with Crippen molar-refractivity contribution in [1.82, 2.24) is 14.7 Å². The van der Waals surface area contributed by atoms with Crippen LogP contribution in [0.2, 0.25) is 5.02 Å². The van der Waals surface area contributed by atoms with Gasteiger partial charge in [0, 0.05) is 17.8 Å². The van der Waals surface area contributed by atoms with Crippen LogP contribution in [0.1, 0.15) is 23.2 Å². The van der Waals surface area contributed by atoms with Gasteiger partial charge in [0.05, 0.1) is 30.6 Å². The zero-order valence-corrected chi connectivity index (χ0v) is 13.2. The molecule has 0 aliphatic carbocycles. The Labute approximate surface area is 138 Å². The predicted molar refractivity (Wildman–Crippen MR) is 84.6 cm³/mol. The van der Waals surface area contributed by atoms with Crippen molar-refractivity contribution in [3.05, 3.63) is 47.2 Å². The lowest BCUT2D eigenvalue weighted by molar-refractivity contribution is 0.00174. The summed E-state index contributed by atoms with van der Waals surface area (Å²) in [5, 5.41) is 13.9. The van der Waals surface area contributed by atoms with Gasteiger partial charge >= 0.3 is 0 Å². The van der Waals surface area contributed by atoms with E-state index < -0.39 is 12.3 Å². The van der Waals surface area contributed by atoms with Gasteiger partial charge in [-0.2, -0.15) is 5.10 Å². The smallest absolute Gasteiger partial charge is 0.257 e. The summed E-state index contributed by atoms with van der Waals surface area (Å²) in [6, 6.07) is 7.07. The van der Waals surface area contributed by atoms with Gasteiger partial charge in [0.25, 0.3) is 5.91 Å². The zero-order chi connectivity index (χ0) is 16.4.